The van der Waals surface area contributed by atoms with Crippen LogP contribution in [0.3, 0.4) is 0 Å². The molecule has 5 unspecified atom stereocenters. The molecule has 0 aliphatic heterocycles. The van der Waals surface area contributed by atoms with Crippen LogP contribution < -0.4 is 0 Å². The summed E-state index contributed by atoms with van der Waals surface area (Å²) in [4.78, 5) is 25.2. The fraction of sp³-hybridized carbons (Fsp3) is 0.818. The quantitative estimate of drug-likeness (QED) is 0.583. The zero-order chi connectivity index (χ0) is 20.2. The van der Waals surface area contributed by atoms with Crippen molar-refractivity contribution >= 4 is 11.8 Å². The Morgan fingerprint density at radius 2 is 2.00 bits per heavy atom. The Kier molecular flexibility index (Phi) is 5.09. The third kappa shape index (κ3) is 2.72. The molecule has 3 aliphatic rings. The van der Waals surface area contributed by atoms with Gasteiger partial charge in [0.15, 0.2) is 0 Å². The lowest BCUT2D eigenvalue weighted by atomic mass is 9.44. The Labute approximate surface area is 162 Å². The van der Waals surface area contributed by atoms with Crippen LogP contribution in [0, 0.1) is 34.0 Å². The van der Waals surface area contributed by atoms with Crippen molar-refractivity contribution in [1.29, 1.82) is 0 Å². The van der Waals surface area contributed by atoms with Gasteiger partial charge in [0, 0.05) is 23.2 Å². The summed E-state index contributed by atoms with van der Waals surface area (Å²) in [5, 5.41) is 20.6. The highest BCUT2D eigenvalue weighted by molar-refractivity contribution is 5.85. The standard InChI is InChI=1S/C22H34O5/c1-6-20(4)11-16(27-17(25)12-23)21(5)13(2)7-9-22(14(3)19(20)26)10-8-15(24)18(21)22/h6,13-14,16,18-19,23,26H,1,7-12H2,2-5H3/t13-,14?,16-,18?,19?,20+,21?,22?/m1/s1. The molecule has 152 valence electrons. The number of hydrogen-bond acceptors (Lipinski definition) is 5. The molecule has 0 amide bonds. The van der Waals surface area contributed by atoms with Crippen molar-refractivity contribution < 1.29 is 24.5 Å². The van der Waals surface area contributed by atoms with Crippen molar-refractivity contribution in [2.45, 2.75) is 72.0 Å². The summed E-state index contributed by atoms with van der Waals surface area (Å²) >= 11 is 0. The molecule has 27 heavy (non-hydrogen) atoms. The predicted octanol–water partition coefficient (Wildman–Crippen LogP) is 2.89. The van der Waals surface area contributed by atoms with Gasteiger partial charge < -0.3 is 14.9 Å². The number of aliphatic hydroxyl groups is 2. The summed E-state index contributed by atoms with van der Waals surface area (Å²) in [5.41, 5.74) is -1.43. The van der Waals surface area contributed by atoms with E-state index in [1.807, 2.05) is 6.92 Å². The maximum absolute atomic E-state index is 13.1. The van der Waals surface area contributed by atoms with E-state index in [0.717, 1.165) is 19.3 Å². The first-order chi connectivity index (χ1) is 12.6. The van der Waals surface area contributed by atoms with Crippen molar-refractivity contribution in [3.63, 3.8) is 0 Å². The first-order valence-electron chi connectivity index (χ1n) is 10.2. The molecule has 0 saturated heterocycles. The molecular weight excluding hydrogens is 344 g/mol. The highest BCUT2D eigenvalue weighted by Crippen LogP contribution is 2.67. The number of ketones is 1. The van der Waals surface area contributed by atoms with Crippen LogP contribution in [0.4, 0.5) is 0 Å². The molecule has 3 aliphatic carbocycles. The molecule has 0 aromatic carbocycles. The fourth-order valence-corrected chi connectivity index (χ4v) is 6.70. The number of esters is 1. The van der Waals surface area contributed by atoms with Crippen LogP contribution in [0.5, 0.6) is 0 Å². The summed E-state index contributed by atoms with van der Waals surface area (Å²) in [7, 11) is 0. The van der Waals surface area contributed by atoms with Gasteiger partial charge in [-0.05, 0) is 42.9 Å². The fourth-order valence-electron chi connectivity index (χ4n) is 6.70. The lowest BCUT2D eigenvalue weighted by Gasteiger charge is -2.61. The number of hydrogen-bond donors (Lipinski definition) is 2. The van der Waals surface area contributed by atoms with Gasteiger partial charge in [0.1, 0.15) is 18.5 Å². The smallest absolute Gasteiger partial charge is 0.332 e. The lowest BCUT2D eigenvalue weighted by molar-refractivity contribution is -0.207. The topological polar surface area (TPSA) is 83.8 Å². The number of ether oxygens (including phenoxy) is 1. The van der Waals surface area contributed by atoms with Crippen LogP contribution in [0.2, 0.25) is 0 Å². The SMILES string of the molecule is C=C[C@@]1(C)C[C@@H](OC(=O)CO)C2(C)C3C(=O)CCC3(CC[C@H]2C)C(C)C1O. The number of carbonyl (C=O) groups is 2. The molecule has 2 N–H and O–H groups in total. The maximum Gasteiger partial charge on any atom is 0.332 e. The molecular formula is C22H34O5. The van der Waals surface area contributed by atoms with E-state index < -0.39 is 35.6 Å². The third-order valence-corrected chi connectivity index (χ3v) is 8.70. The van der Waals surface area contributed by atoms with Gasteiger partial charge in [-0.1, -0.05) is 33.8 Å². The molecule has 5 nitrogen and oxygen atoms in total. The highest BCUT2D eigenvalue weighted by atomic mass is 16.6. The van der Waals surface area contributed by atoms with Crippen molar-refractivity contribution in [1.82, 2.24) is 0 Å². The summed E-state index contributed by atoms with van der Waals surface area (Å²) in [5.74, 6) is -0.520. The van der Waals surface area contributed by atoms with Crippen LogP contribution >= 0.6 is 0 Å². The summed E-state index contributed by atoms with van der Waals surface area (Å²) in [6.45, 7) is 11.5. The van der Waals surface area contributed by atoms with Gasteiger partial charge in [-0.2, -0.15) is 0 Å². The molecule has 0 aromatic heterocycles. The van der Waals surface area contributed by atoms with Gasteiger partial charge in [-0.15, -0.1) is 6.58 Å². The van der Waals surface area contributed by atoms with Gasteiger partial charge >= 0.3 is 5.97 Å². The molecule has 0 radical (unpaired) electrons. The zero-order valence-electron chi connectivity index (χ0n) is 17.0. The largest absolute Gasteiger partial charge is 0.460 e. The van der Waals surface area contributed by atoms with E-state index in [2.05, 4.69) is 27.4 Å². The normalized spacial score (nSPS) is 49.7. The van der Waals surface area contributed by atoms with Gasteiger partial charge in [-0.3, -0.25) is 4.79 Å². The third-order valence-electron chi connectivity index (χ3n) is 8.70. The first kappa shape index (κ1) is 20.5. The summed E-state index contributed by atoms with van der Waals surface area (Å²) in [6, 6.07) is 0. The minimum atomic E-state index is -0.686. The van der Waals surface area contributed by atoms with E-state index in [1.165, 1.54) is 0 Å². The second-order valence-electron chi connectivity index (χ2n) is 9.72. The van der Waals surface area contributed by atoms with E-state index in [4.69, 9.17) is 4.74 Å². The molecule has 3 rings (SSSR count). The van der Waals surface area contributed by atoms with E-state index in [1.54, 1.807) is 6.08 Å². The van der Waals surface area contributed by atoms with Gasteiger partial charge in [-0.25, -0.2) is 4.79 Å². The van der Waals surface area contributed by atoms with E-state index in [0.29, 0.717) is 12.8 Å². The predicted molar refractivity (Wildman–Crippen MR) is 102 cm³/mol. The van der Waals surface area contributed by atoms with Gasteiger partial charge in [0.05, 0.1) is 6.10 Å². The number of carbonyl (C=O) groups excluding carboxylic acids is 2. The average Bonchev–Trinajstić information content (AvgIpc) is 3.00. The molecule has 2 bridgehead atoms. The second kappa shape index (κ2) is 6.70. The number of rotatable bonds is 3. The zero-order valence-corrected chi connectivity index (χ0v) is 17.0. The van der Waals surface area contributed by atoms with Crippen molar-refractivity contribution in [2.75, 3.05) is 6.61 Å². The average molecular weight is 379 g/mol. The van der Waals surface area contributed by atoms with Crippen molar-refractivity contribution in [2.24, 2.45) is 34.0 Å². The Bertz CT molecular complexity index is 645. The minimum Gasteiger partial charge on any atom is -0.460 e. The van der Waals surface area contributed by atoms with Gasteiger partial charge in [0.25, 0.3) is 0 Å². The molecule has 3 fully saturated rings. The summed E-state index contributed by atoms with van der Waals surface area (Å²) in [6.07, 6.45) is 4.10. The van der Waals surface area contributed by atoms with Crippen LogP contribution in [-0.4, -0.2) is 40.8 Å². The molecule has 8 atom stereocenters. The lowest BCUT2D eigenvalue weighted by Crippen LogP contribution is -2.63. The molecule has 3 saturated carbocycles. The van der Waals surface area contributed by atoms with E-state index >= 15 is 0 Å². The Morgan fingerprint density at radius 1 is 1.33 bits per heavy atom. The maximum atomic E-state index is 13.1. The Balaban J connectivity index is 2.21. The van der Waals surface area contributed by atoms with E-state index in [9.17, 15) is 19.8 Å². The highest BCUT2D eigenvalue weighted by Gasteiger charge is 2.68. The number of Topliss-reactive ketones (excluding diaryl/α,β-unsaturated/α-hetero) is 1. The van der Waals surface area contributed by atoms with Crippen LogP contribution in [0.1, 0.15) is 59.8 Å². The molecule has 0 heterocycles. The van der Waals surface area contributed by atoms with E-state index in [-0.39, 0.29) is 29.0 Å². The van der Waals surface area contributed by atoms with Crippen molar-refractivity contribution in [3.8, 4) is 0 Å². The summed E-state index contributed by atoms with van der Waals surface area (Å²) < 4.78 is 5.77. The van der Waals surface area contributed by atoms with Gasteiger partial charge in [0.2, 0.25) is 0 Å². The van der Waals surface area contributed by atoms with Crippen LogP contribution in [-0.2, 0) is 14.3 Å². The van der Waals surface area contributed by atoms with Crippen LogP contribution in [0.15, 0.2) is 12.7 Å². The molecule has 0 aromatic rings. The molecule has 5 heteroatoms. The first-order valence-corrected chi connectivity index (χ1v) is 10.2. The Morgan fingerprint density at radius 3 is 2.59 bits per heavy atom. The van der Waals surface area contributed by atoms with Crippen LogP contribution in [0.25, 0.3) is 0 Å². The molecule has 0 spiro atoms. The minimum absolute atomic E-state index is 0.0433. The Hall–Kier alpha value is -1.20. The second-order valence-corrected chi connectivity index (χ2v) is 9.72. The monoisotopic (exact) mass is 378 g/mol. The van der Waals surface area contributed by atoms with Crippen molar-refractivity contribution in [3.05, 3.63) is 12.7 Å². The number of aliphatic hydroxyl groups excluding tert-OH is 2.